The Morgan fingerprint density at radius 3 is 1.12 bits per heavy atom. The molecule has 0 spiro atoms. The van der Waals surface area contributed by atoms with Crippen molar-refractivity contribution in [2.24, 2.45) is 0 Å². The van der Waals surface area contributed by atoms with Gasteiger partial charge in [0.05, 0.1) is 38.6 Å². The van der Waals surface area contributed by atoms with Gasteiger partial charge >= 0.3 is 0 Å². The van der Waals surface area contributed by atoms with Gasteiger partial charge in [0, 0.05) is 6.42 Å². The van der Waals surface area contributed by atoms with Gasteiger partial charge in [-0.2, -0.15) is 0 Å². The lowest BCUT2D eigenvalue weighted by Crippen LogP contribution is -2.66. The Morgan fingerprint density at radius 1 is 0.370 bits per heavy atom. The molecule has 17 atom stereocenters. The fourth-order valence-corrected chi connectivity index (χ4v) is 12.3. The van der Waals surface area contributed by atoms with Crippen LogP contribution in [0.3, 0.4) is 0 Å². The molecular formula is C81H137NO18. The van der Waals surface area contributed by atoms with Crippen molar-refractivity contribution in [1.82, 2.24) is 5.32 Å². The average Bonchev–Trinajstić information content (AvgIpc) is 0.784. The van der Waals surface area contributed by atoms with Gasteiger partial charge in [0.1, 0.15) is 73.2 Å². The van der Waals surface area contributed by atoms with Gasteiger partial charge in [-0.1, -0.05) is 264 Å². The minimum absolute atomic E-state index is 0.227. The van der Waals surface area contributed by atoms with E-state index in [1.54, 1.807) is 6.08 Å². The number of allylic oxidation sites excluding steroid dienone is 19. The molecule has 3 fully saturated rings. The Hall–Kier alpha value is -3.81. The van der Waals surface area contributed by atoms with Crippen LogP contribution in [0.5, 0.6) is 0 Å². The third-order valence-electron chi connectivity index (χ3n) is 18.5. The average molecular weight is 1410 g/mol. The van der Waals surface area contributed by atoms with Crippen LogP contribution in [0, 0.1) is 0 Å². The molecule has 0 aliphatic carbocycles. The molecule has 19 heteroatoms. The van der Waals surface area contributed by atoms with Crippen LogP contribution in [0.15, 0.2) is 122 Å². The molecule has 3 aliphatic heterocycles. The summed E-state index contributed by atoms with van der Waals surface area (Å²) >= 11 is 0. The smallest absolute Gasteiger partial charge is 0.220 e. The first-order valence-corrected chi connectivity index (χ1v) is 38.8. The molecule has 0 aromatic heterocycles. The van der Waals surface area contributed by atoms with Gasteiger partial charge in [-0.25, -0.2) is 0 Å². The van der Waals surface area contributed by atoms with Gasteiger partial charge in [-0.3, -0.25) is 4.79 Å². The predicted octanol–water partition coefficient (Wildman–Crippen LogP) is 12.3. The first kappa shape index (κ1) is 90.4. The third kappa shape index (κ3) is 40.5. The second-order valence-electron chi connectivity index (χ2n) is 27.1. The molecule has 100 heavy (non-hydrogen) atoms. The second-order valence-corrected chi connectivity index (χ2v) is 27.1. The SMILES string of the molecule is CC/C=C\C/C=C\C/C=C\C/C=C\C/C=C\C/C=C\C/C=C\CCCCCCCCCCCCCCCCCCCC(=O)NC(COC1OC(CO)C(OC2OC(CO)C(OC3OC(CO)C(O)C(O)C3O)C(O)C2O)C(O)C1O)C(O)/C=C/CC/C=C/CC/C=C/CCCCCCCC. The molecular weight excluding hydrogens is 1270 g/mol. The summed E-state index contributed by atoms with van der Waals surface area (Å²) in [5.74, 6) is -0.292. The maximum Gasteiger partial charge on any atom is 0.220 e. The van der Waals surface area contributed by atoms with E-state index in [0.29, 0.717) is 12.8 Å². The van der Waals surface area contributed by atoms with Crippen molar-refractivity contribution >= 4 is 5.91 Å². The monoisotopic (exact) mass is 1410 g/mol. The maximum absolute atomic E-state index is 13.4. The number of aliphatic hydroxyl groups excluding tert-OH is 11. The summed E-state index contributed by atoms with van der Waals surface area (Å²) < 4.78 is 34.4. The summed E-state index contributed by atoms with van der Waals surface area (Å²) in [4.78, 5) is 13.4. The highest BCUT2D eigenvalue weighted by Crippen LogP contribution is 2.33. The Balaban J connectivity index is 1.33. The Kier molecular flexibility index (Phi) is 54.7. The fraction of sp³-hybridized carbons (Fsp3) is 0.741. The number of hydrogen-bond acceptors (Lipinski definition) is 18. The summed E-state index contributed by atoms with van der Waals surface area (Å²) in [6, 6.07) is -1.00. The zero-order chi connectivity index (χ0) is 72.5. The van der Waals surface area contributed by atoms with E-state index < -0.39 is 124 Å². The maximum atomic E-state index is 13.4. The van der Waals surface area contributed by atoms with Crippen molar-refractivity contribution in [2.75, 3.05) is 26.4 Å². The Labute approximate surface area is 601 Å². The van der Waals surface area contributed by atoms with Crippen molar-refractivity contribution in [3.05, 3.63) is 122 Å². The molecule has 3 saturated heterocycles. The molecule has 17 unspecified atom stereocenters. The first-order valence-electron chi connectivity index (χ1n) is 38.8. The highest BCUT2D eigenvalue weighted by atomic mass is 16.8. The number of nitrogens with one attached hydrogen (secondary N) is 1. The Morgan fingerprint density at radius 2 is 0.700 bits per heavy atom. The summed E-state index contributed by atoms with van der Waals surface area (Å²) in [5.41, 5.74) is 0. The highest BCUT2D eigenvalue weighted by Gasteiger charge is 2.53. The van der Waals surface area contributed by atoms with Crippen LogP contribution in [0.4, 0.5) is 0 Å². The molecule has 574 valence electrons. The van der Waals surface area contributed by atoms with Gasteiger partial charge < -0.3 is 89.9 Å². The summed E-state index contributed by atoms with van der Waals surface area (Å²) in [6.45, 7) is 1.58. The van der Waals surface area contributed by atoms with Crippen LogP contribution >= 0.6 is 0 Å². The first-order chi connectivity index (χ1) is 48.8. The number of carbonyl (C=O) groups excluding carboxylic acids is 1. The fourth-order valence-electron chi connectivity index (χ4n) is 12.3. The van der Waals surface area contributed by atoms with E-state index in [0.717, 1.165) is 89.9 Å². The van der Waals surface area contributed by atoms with Gasteiger partial charge in [-0.05, 0) is 103 Å². The lowest BCUT2D eigenvalue weighted by atomic mass is 9.96. The zero-order valence-electron chi connectivity index (χ0n) is 61.1. The molecule has 19 nitrogen and oxygen atoms in total. The van der Waals surface area contributed by atoms with Crippen molar-refractivity contribution < 1.29 is 89.4 Å². The van der Waals surface area contributed by atoms with Crippen LogP contribution in [0.1, 0.15) is 251 Å². The normalized spacial score (nSPS) is 27.1. The number of hydrogen-bond donors (Lipinski definition) is 12. The van der Waals surface area contributed by atoms with E-state index in [4.69, 9.17) is 28.4 Å². The van der Waals surface area contributed by atoms with E-state index in [1.807, 2.05) is 6.08 Å². The van der Waals surface area contributed by atoms with Crippen molar-refractivity contribution in [1.29, 1.82) is 0 Å². The molecule has 1 amide bonds. The van der Waals surface area contributed by atoms with E-state index >= 15 is 0 Å². The van der Waals surface area contributed by atoms with Crippen LogP contribution in [0.2, 0.25) is 0 Å². The van der Waals surface area contributed by atoms with Gasteiger partial charge in [0.2, 0.25) is 5.91 Å². The van der Waals surface area contributed by atoms with Crippen LogP contribution in [-0.4, -0.2) is 193 Å². The molecule has 0 aromatic rings. The predicted molar refractivity (Wildman–Crippen MR) is 397 cm³/mol. The molecule has 0 saturated carbocycles. The van der Waals surface area contributed by atoms with Crippen LogP contribution < -0.4 is 5.32 Å². The van der Waals surface area contributed by atoms with Crippen LogP contribution in [0.25, 0.3) is 0 Å². The third-order valence-corrected chi connectivity index (χ3v) is 18.5. The van der Waals surface area contributed by atoms with Crippen molar-refractivity contribution in [3.63, 3.8) is 0 Å². The molecule has 3 heterocycles. The van der Waals surface area contributed by atoms with E-state index in [1.165, 1.54) is 128 Å². The number of amides is 1. The quantitative estimate of drug-likeness (QED) is 0.0199. The lowest BCUT2D eigenvalue weighted by Gasteiger charge is -2.48. The molecule has 0 aromatic carbocycles. The number of unbranched alkanes of at least 4 members (excludes halogenated alkanes) is 25. The van der Waals surface area contributed by atoms with Crippen LogP contribution in [-0.2, 0) is 33.2 Å². The minimum atomic E-state index is -1.99. The standard InChI is InChI=1S/C81H137NO18/c1-3-5-7-9-11-13-15-17-19-21-22-23-24-25-26-27-28-29-30-31-32-33-34-35-36-37-38-39-40-41-42-43-45-47-49-51-53-55-57-59-69(87)82-64(65(86)58-56-54-52-50-48-46-44-20-18-16-14-12-10-8-6-4-2)63-95-79-75(93)72(90)77(67(61-84)97-79)100-81-76(94)73(91)78(68(62-85)98-81)99-80-74(92)71(89)70(88)66(60-83)96-80/h5,7,11,13,17-20,22-23,25-26,28-29,31-32,48,50,56,58,64-68,70-81,83-86,88-94H,3-4,6,8-10,12,14-16,21,24,27,30,33-47,49,51-55,57,59-63H2,1-2H3,(H,82,87)/b7-5-,13-11-,19-17-,20-18+,23-22-,26-25-,29-28-,32-31-,50-48+,58-56+. The largest absolute Gasteiger partial charge is 0.394 e. The van der Waals surface area contributed by atoms with Gasteiger partial charge in [0.15, 0.2) is 18.9 Å². The van der Waals surface area contributed by atoms with Gasteiger partial charge in [0.25, 0.3) is 0 Å². The van der Waals surface area contributed by atoms with E-state index in [-0.39, 0.29) is 18.9 Å². The second kappa shape index (κ2) is 60.5. The lowest BCUT2D eigenvalue weighted by molar-refractivity contribution is -0.379. The summed E-state index contributed by atoms with van der Waals surface area (Å²) in [6.07, 6.45) is 57.6. The summed E-state index contributed by atoms with van der Waals surface area (Å²) in [7, 11) is 0. The molecule has 0 radical (unpaired) electrons. The number of carbonyl (C=O) groups is 1. The molecule has 12 N–H and O–H groups in total. The van der Waals surface area contributed by atoms with Crippen molar-refractivity contribution in [3.8, 4) is 0 Å². The molecule has 0 bridgehead atoms. The van der Waals surface area contributed by atoms with E-state index in [2.05, 4.69) is 129 Å². The van der Waals surface area contributed by atoms with Crippen molar-refractivity contribution in [2.45, 2.75) is 356 Å². The number of rotatable bonds is 59. The number of aliphatic hydroxyl groups is 11. The summed E-state index contributed by atoms with van der Waals surface area (Å²) in [5, 5.41) is 121. The van der Waals surface area contributed by atoms with Gasteiger partial charge in [-0.15, -0.1) is 0 Å². The topological polar surface area (TPSA) is 307 Å². The molecule has 3 aliphatic rings. The molecule has 3 rings (SSSR count). The highest BCUT2D eigenvalue weighted by molar-refractivity contribution is 5.76. The van der Waals surface area contributed by atoms with E-state index in [9.17, 15) is 61.0 Å². The number of ether oxygens (including phenoxy) is 6. The Bertz CT molecular complexity index is 2280. The zero-order valence-corrected chi connectivity index (χ0v) is 61.1. The minimum Gasteiger partial charge on any atom is -0.394 e.